The number of ether oxygens (including phenoxy) is 1. The smallest absolute Gasteiger partial charge is 0.339 e. The van der Waals surface area contributed by atoms with Gasteiger partial charge < -0.3 is 9.15 Å². The monoisotopic (exact) mass is 390 g/mol. The summed E-state index contributed by atoms with van der Waals surface area (Å²) < 4.78 is 10.9. The number of fused-ring (bicyclic) bond motifs is 3. The van der Waals surface area contributed by atoms with Gasteiger partial charge in [-0.2, -0.15) is 0 Å². The third-order valence-corrected chi connectivity index (χ3v) is 5.61. The summed E-state index contributed by atoms with van der Waals surface area (Å²) in [6.07, 6.45) is 3.57. The molecule has 0 radical (unpaired) electrons. The van der Waals surface area contributed by atoms with Crippen LogP contribution < -0.4 is 10.4 Å². The molecule has 1 heterocycles. The summed E-state index contributed by atoms with van der Waals surface area (Å²) >= 11 is 0. The van der Waals surface area contributed by atoms with E-state index in [0.717, 1.165) is 41.3 Å². The molecule has 4 heteroatoms. The molecule has 4 nitrogen and oxygen atoms in total. The van der Waals surface area contributed by atoms with Crippen LogP contribution in [0.2, 0.25) is 0 Å². The maximum Gasteiger partial charge on any atom is 0.339 e. The minimum atomic E-state index is -0.298. The molecule has 0 atom stereocenters. The molecule has 0 spiro atoms. The first-order valence-electron chi connectivity index (χ1n) is 10.2. The van der Waals surface area contributed by atoms with E-state index in [-0.39, 0.29) is 17.0 Å². The summed E-state index contributed by atoms with van der Waals surface area (Å²) in [5.74, 6) is 0.111. The van der Waals surface area contributed by atoms with Crippen molar-refractivity contribution < 1.29 is 13.9 Å². The zero-order chi connectivity index (χ0) is 20.6. The largest absolute Gasteiger partial charge is 0.426 e. The fraction of sp³-hybridized carbons (Fsp3) is 0.360. The minimum Gasteiger partial charge on any atom is -0.426 e. The molecular weight excluding hydrogens is 364 g/mol. The normalized spacial score (nSPS) is 13.5. The third kappa shape index (κ3) is 4.12. The predicted octanol–water partition coefficient (Wildman–Crippen LogP) is 5.12. The van der Waals surface area contributed by atoms with Gasteiger partial charge in [0, 0.05) is 23.4 Å². The minimum absolute atomic E-state index is 0.114. The van der Waals surface area contributed by atoms with Crippen LogP contribution in [0.3, 0.4) is 0 Å². The number of esters is 1. The zero-order valence-electron chi connectivity index (χ0n) is 17.2. The van der Waals surface area contributed by atoms with Crippen LogP contribution >= 0.6 is 0 Å². The van der Waals surface area contributed by atoms with E-state index in [9.17, 15) is 9.59 Å². The molecule has 0 saturated heterocycles. The van der Waals surface area contributed by atoms with Crippen LogP contribution in [0.4, 0.5) is 0 Å². The molecule has 29 heavy (non-hydrogen) atoms. The molecule has 0 bridgehead atoms. The standard InChI is InChI=1S/C25H26O4/c1-25(2,3)17-10-7-16(8-11-17)9-14-23(26)28-18-12-13-20-19-5-4-6-21(19)24(27)29-22(20)15-18/h7-8,10-13,15H,4-6,9,14H2,1-3H3. The van der Waals surface area contributed by atoms with Crippen LogP contribution in [0.25, 0.3) is 11.0 Å². The summed E-state index contributed by atoms with van der Waals surface area (Å²) in [6, 6.07) is 13.7. The van der Waals surface area contributed by atoms with Gasteiger partial charge in [0.1, 0.15) is 11.3 Å². The quantitative estimate of drug-likeness (QED) is 0.353. The van der Waals surface area contributed by atoms with Crippen molar-refractivity contribution in [2.75, 3.05) is 0 Å². The van der Waals surface area contributed by atoms with Crippen molar-refractivity contribution in [1.29, 1.82) is 0 Å². The first kappa shape index (κ1) is 19.4. The lowest BCUT2D eigenvalue weighted by Crippen LogP contribution is -2.11. The number of hydrogen-bond acceptors (Lipinski definition) is 4. The maximum atomic E-state index is 12.3. The number of carbonyl (C=O) groups is 1. The van der Waals surface area contributed by atoms with Gasteiger partial charge in [-0.1, -0.05) is 45.0 Å². The Hall–Kier alpha value is -2.88. The van der Waals surface area contributed by atoms with Gasteiger partial charge in [-0.15, -0.1) is 0 Å². The number of rotatable bonds is 4. The fourth-order valence-corrected chi connectivity index (χ4v) is 3.93. The van der Waals surface area contributed by atoms with Gasteiger partial charge >= 0.3 is 11.6 Å². The first-order chi connectivity index (χ1) is 13.8. The van der Waals surface area contributed by atoms with Crippen molar-refractivity contribution in [3.63, 3.8) is 0 Å². The van der Waals surface area contributed by atoms with Crippen molar-refractivity contribution >= 4 is 16.9 Å². The second-order valence-electron chi connectivity index (χ2n) is 8.78. The predicted molar refractivity (Wildman–Crippen MR) is 114 cm³/mol. The van der Waals surface area contributed by atoms with Crippen LogP contribution in [0.15, 0.2) is 51.7 Å². The van der Waals surface area contributed by atoms with E-state index in [1.54, 1.807) is 12.1 Å². The Morgan fingerprint density at radius 2 is 1.76 bits per heavy atom. The molecule has 4 rings (SSSR count). The lowest BCUT2D eigenvalue weighted by atomic mass is 9.86. The van der Waals surface area contributed by atoms with Crippen LogP contribution in [0, 0.1) is 0 Å². The Kier molecular flexibility index (Phi) is 5.03. The van der Waals surface area contributed by atoms with E-state index in [0.29, 0.717) is 24.2 Å². The Bertz CT molecular complexity index is 1110. The second kappa shape index (κ2) is 7.51. The third-order valence-electron chi connectivity index (χ3n) is 5.61. The highest BCUT2D eigenvalue weighted by atomic mass is 16.5. The van der Waals surface area contributed by atoms with E-state index in [1.807, 2.05) is 6.07 Å². The topological polar surface area (TPSA) is 56.5 Å². The van der Waals surface area contributed by atoms with E-state index in [1.165, 1.54) is 5.56 Å². The number of carbonyl (C=O) groups excluding carboxylic acids is 1. The Morgan fingerprint density at radius 1 is 1.03 bits per heavy atom. The van der Waals surface area contributed by atoms with Gasteiger partial charge in [0.2, 0.25) is 0 Å². The van der Waals surface area contributed by atoms with Crippen LogP contribution in [-0.2, 0) is 29.5 Å². The first-order valence-corrected chi connectivity index (χ1v) is 10.2. The van der Waals surface area contributed by atoms with Gasteiger partial charge in [-0.3, -0.25) is 4.79 Å². The molecule has 1 aromatic heterocycles. The fourth-order valence-electron chi connectivity index (χ4n) is 3.93. The molecule has 0 aliphatic heterocycles. The molecule has 2 aromatic carbocycles. The number of aryl methyl sites for hydroxylation is 2. The highest BCUT2D eigenvalue weighted by molar-refractivity contribution is 5.84. The molecule has 0 N–H and O–H groups in total. The lowest BCUT2D eigenvalue weighted by Gasteiger charge is -2.19. The molecule has 1 aliphatic carbocycles. The molecule has 150 valence electrons. The van der Waals surface area contributed by atoms with Crippen molar-refractivity contribution in [3.8, 4) is 5.75 Å². The SMILES string of the molecule is CC(C)(C)c1ccc(CCC(=O)Oc2ccc3c4c(c(=O)oc3c2)CCC4)cc1. The van der Waals surface area contributed by atoms with E-state index in [4.69, 9.17) is 9.15 Å². The second-order valence-corrected chi connectivity index (χ2v) is 8.78. The summed E-state index contributed by atoms with van der Waals surface area (Å²) in [5, 5.41) is 0.941. The maximum absolute atomic E-state index is 12.3. The van der Waals surface area contributed by atoms with Crippen molar-refractivity contribution in [2.24, 2.45) is 0 Å². The van der Waals surface area contributed by atoms with Gasteiger partial charge in [0.15, 0.2) is 0 Å². The molecular formula is C25H26O4. The van der Waals surface area contributed by atoms with Crippen molar-refractivity contribution in [1.82, 2.24) is 0 Å². The summed E-state index contributed by atoms with van der Waals surface area (Å²) in [5.41, 5.74) is 4.57. The molecule has 1 aliphatic rings. The number of hydrogen-bond donors (Lipinski definition) is 0. The van der Waals surface area contributed by atoms with Crippen LogP contribution in [-0.4, -0.2) is 5.97 Å². The van der Waals surface area contributed by atoms with Crippen molar-refractivity contribution in [3.05, 3.63) is 75.1 Å². The average Bonchev–Trinajstić information content (AvgIpc) is 3.17. The molecule has 0 unspecified atom stereocenters. The highest BCUT2D eigenvalue weighted by Gasteiger charge is 2.20. The van der Waals surface area contributed by atoms with E-state index >= 15 is 0 Å². The molecule has 3 aromatic rings. The van der Waals surface area contributed by atoms with E-state index < -0.39 is 0 Å². The Balaban J connectivity index is 1.43. The van der Waals surface area contributed by atoms with Crippen molar-refractivity contribution in [2.45, 2.75) is 58.3 Å². The molecule has 0 fully saturated rings. The molecule has 0 amide bonds. The molecule has 0 saturated carbocycles. The highest BCUT2D eigenvalue weighted by Crippen LogP contribution is 2.30. The summed E-state index contributed by atoms with van der Waals surface area (Å²) in [7, 11) is 0. The Labute approximate surface area is 170 Å². The average molecular weight is 390 g/mol. The van der Waals surface area contributed by atoms with E-state index in [2.05, 4.69) is 45.0 Å². The van der Waals surface area contributed by atoms with Crippen LogP contribution in [0.5, 0.6) is 5.75 Å². The van der Waals surface area contributed by atoms with Gasteiger partial charge in [0.05, 0.1) is 0 Å². The van der Waals surface area contributed by atoms with Gasteiger partial charge in [0.25, 0.3) is 0 Å². The summed E-state index contributed by atoms with van der Waals surface area (Å²) in [6.45, 7) is 6.54. The van der Waals surface area contributed by atoms with Crippen LogP contribution in [0.1, 0.15) is 55.9 Å². The Morgan fingerprint density at radius 3 is 2.48 bits per heavy atom. The number of benzene rings is 2. The van der Waals surface area contributed by atoms with Gasteiger partial charge in [-0.25, -0.2) is 4.79 Å². The zero-order valence-corrected chi connectivity index (χ0v) is 17.2. The lowest BCUT2D eigenvalue weighted by molar-refractivity contribution is -0.134. The summed E-state index contributed by atoms with van der Waals surface area (Å²) in [4.78, 5) is 24.4. The van der Waals surface area contributed by atoms with Gasteiger partial charge in [-0.05, 0) is 59.9 Å².